The Labute approximate surface area is 67.1 Å². The third-order valence-electron chi connectivity index (χ3n) is 0. The van der Waals surface area contributed by atoms with Crippen LogP contribution in [-0.4, -0.2) is 28.7 Å². The summed E-state index contributed by atoms with van der Waals surface area (Å²) in [5, 5.41) is 10.1. The molecule has 0 spiro atoms. The molecular weight excluding hydrogens is 124 g/mol. The zero-order valence-corrected chi connectivity index (χ0v) is 7.16. The molecule has 0 saturated carbocycles. The molecule has 0 radical (unpaired) electrons. The summed E-state index contributed by atoms with van der Waals surface area (Å²) >= 11 is 0. The van der Waals surface area contributed by atoms with E-state index in [0.29, 0.717) is 0 Å². The summed E-state index contributed by atoms with van der Waals surface area (Å²) in [4.78, 5) is 0. The summed E-state index contributed by atoms with van der Waals surface area (Å²) in [6, 6.07) is 0. The van der Waals surface area contributed by atoms with Gasteiger partial charge in [0.25, 0.3) is 0 Å². The van der Waals surface area contributed by atoms with Crippen LogP contribution in [0.15, 0.2) is 0 Å². The van der Waals surface area contributed by atoms with Gasteiger partial charge in [0.1, 0.15) is 0 Å². The Kier molecular flexibility index (Phi) is 11.6. The second-order valence-electron chi connectivity index (χ2n) is 2.11. The van der Waals surface area contributed by atoms with E-state index in [4.69, 9.17) is 0 Å². The average molecular weight is 133 g/mol. The molecule has 0 aromatic heterocycles. The van der Waals surface area contributed by atoms with E-state index in [9.17, 15) is 5.11 Å². The van der Waals surface area contributed by atoms with Crippen LogP contribution in [0.5, 0.6) is 0 Å². The summed E-state index contributed by atoms with van der Waals surface area (Å²) in [6.45, 7) is 4.90. The molecule has 7 heavy (non-hydrogen) atoms. The van der Waals surface area contributed by atoms with Crippen molar-refractivity contribution in [1.82, 2.24) is 0 Å². The van der Waals surface area contributed by atoms with Crippen LogP contribution in [0.4, 0.5) is 0 Å². The van der Waals surface area contributed by atoms with Gasteiger partial charge in [0.15, 0.2) is 0 Å². The molecule has 0 aromatic carbocycles. The Bertz CT molecular complexity index is 27.2. The predicted octanol–water partition coefficient (Wildman–Crippen LogP) is -3.23. The third-order valence-corrected chi connectivity index (χ3v) is 0. The number of rotatable bonds is 0. The molecule has 0 N–H and O–H groups in total. The van der Waals surface area contributed by atoms with Gasteiger partial charge in [-0.25, -0.2) is 0 Å². The fourth-order valence-electron chi connectivity index (χ4n) is 0. The maximum atomic E-state index is 10.1. The van der Waals surface area contributed by atoms with Crippen molar-refractivity contribution in [3.63, 3.8) is 0 Å². The molecule has 0 amide bonds. The maximum absolute atomic E-state index is 10.1. The van der Waals surface area contributed by atoms with E-state index in [1.54, 1.807) is 20.8 Å². The van der Waals surface area contributed by atoms with Crippen LogP contribution in [-0.2, 0) is 0 Å². The Balaban J connectivity index is -0.0000000800. The van der Waals surface area contributed by atoms with Crippen molar-refractivity contribution in [3.05, 3.63) is 0 Å². The second-order valence-corrected chi connectivity index (χ2v) is 2.11. The largest absolute Gasteiger partial charge is 2.00 e. The van der Waals surface area contributed by atoms with Crippen molar-refractivity contribution in [3.8, 4) is 0 Å². The predicted molar refractivity (Wildman–Crippen MR) is 25.5 cm³/mol. The van der Waals surface area contributed by atoms with Gasteiger partial charge in [-0.3, -0.25) is 0 Å². The van der Waals surface area contributed by atoms with Crippen molar-refractivity contribution >= 4 is 23.1 Å². The number of hydrogen-bond acceptors (Lipinski definition) is 1. The first kappa shape index (κ1) is 15.7. The molecule has 0 unspecified atom stereocenters. The summed E-state index contributed by atoms with van der Waals surface area (Å²) < 4.78 is 0. The van der Waals surface area contributed by atoms with E-state index in [1.165, 1.54) is 0 Å². The van der Waals surface area contributed by atoms with Gasteiger partial charge in [-0.1, -0.05) is 20.8 Å². The molecular formula is C4H9ClMgO. The van der Waals surface area contributed by atoms with Crippen LogP contribution < -0.4 is 17.5 Å². The van der Waals surface area contributed by atoms with Gasteiger partial charge in [0.2, 0.25) is 0 Å². The molecule has 40 valence electrons. The molecule has 0 bridgehead atoms. The van der Waals surface area contributed by atoms with Gasteiger partial charge in [0, 0.05) is 0 Å². The maximum Gasteiger partial charge on any atom is 2.00 e. The summed E-state index contributed by atoms with van der Waals surface area (Å²) in [7, 11) is 0. The molecule has 1 nitrogen and oxygen atoms in total. The standard InChI is InChI=1S/C4H9O.ClH.Mg/c1-4(2,3)5;;/h1-3H3;1H;/q-1;;+2/p-1. The summed E-state index contributed by atoms with van der Waals surface area (Å²) in [6.07, 6.45) is 0. The normalized spacial score (nSPS) is 8.57. The Morgan fingerprint density at radius 2 is 1.14 bits per heavy atom. The molecule has 0 saturated heterocycles. The first-order valence-corrected chi connectivity index (χ1v) is 1.70. The minimum absolute atomic E-state index is 0. The average Bonchev–Trinajstić information content (AvgIpc) is 0.722. The molecule has 3 heteroatoms. The zero-order chi connectivity index (χ0) is 4.50. The van der Waals surface area contributed by atoms with Crippen LogP contribution in [0, 0.1) is 0 Å². The molecule has 0 aliphatic rings. The zero-order valence-electron chi connectivity index (χ0n) is 4.99. The molecule has 0 aliphatic carbocycles. The topological polar surface area (TPSA) is 23.1 Å². The van der Waals surface area contributed by atoms with Crippen molar-refractivity contribution < 1.29 is 17.5 Å². The number of halogens is 1. The summed E-state index contributed by atoms with van der Waals surface area (Å²) in [5.41, 5.74) is -0.750. The Morgan fingerprint density at radius 3 is 1.14 bits per heavy atom. The fraction of sp³-hybridized carbons (Fsp3) is 1.00. The SMILES string of the molecule is CC(C)(C)[O-].[Cl-].[Mg+2]. The fourth-order valence-corrected chi connectivity index (χ4v) is 0. The monoisotopic (exact) mass is 132 g/mol. The smallest absolute Gasteiger partial charge is 1.00 e. The van der Waals surface area contributed by atoms with Crippen LogP contribution in [0.25, 0.3) is 0 Å². The summed E-state index contributed by atoms with van der Waals surface area (Å²) in [5.74, 6) is 0. The quantitative estimate of drug-likeness (QED) is 0.318. The Morgan fingerprint density at radius 1 is 1.14 bits per heavy atom. The van der Waals surface area contributed by atoms with E-state index in [1.807, 2.05) is 0 Å². The van der Waals surface area contributed by atoms with E-state index in [2.05, 4.69) is 0 Å². The molecule has 0 aromatic rings. The van der Waals surface area contributed by atoms with Crippen molar-refractivity contribution in [1.29, 1.82) is 0 Å². The van der Waals surface area contributed by atoms with Gasteiger partial charge < -0.3 is 17.5 Å². The van der Waals surface area contributed by atoms with E-state index >= 15 is 0 Å². The molecule has 0 heterocycles. The Hall–Kier alpha value is 1.02. The van der Waals surface area contributed by atoms with Crippen LogP contribution in [0.2, 0.25) is 0 Å². The van der Waals surface area contributed by atoms with Gasteiger partial charge >= 0.3 is 23.1 Å². The van der Waals surface area contributed by atoms with Gasteiger partial charge in [-0.2, -0.15) is 0 Å². The first-order valence-electron chi connectivity index (χ1n) is 1.70. The van der Waals surface area contributed by atoms with E-state index in [-0.39, 0.29) is 35.5 Å². The van der Waals surface area contributed by atoms with E-state index in [0.717, 1.165) is 0 Å². The molecule has 0 fully saturated rings. The van der Waals surface area contributed by atoms with Crippen LogP contribution in [0.3, 0.4) is 0 Å². The van der Waals surface area contributed by atoms with Gasteiger partial charge in [0.05, 0.1) is 0 Å². The van der Waals surface area contributed by atoms with Crippen LogP contribution >= 0.6 is 0 Å². The van der Waals surface area contributed by atoms with Crippen molar-refractivity contribution in [2.45, 2.75) is 26.4 Å². The van der Waals surface area contributed by atoms with Crippen molar-refractivity contribution in [2.24, 2.45) is 0 Å². The molecule has 0 atom stereocenters. The molecule has 0 rings (SSSR count). The minimum atomic E-state index is -0.750. The number of hydrogen-bond donors (Lipinski definition) is 0. The van der Waals surface area contributed by atoms with Gasteiger partial charge in [-0.15, -0.1) is 5.60 Å². The third kappa shape index (κ3) is 171. The van der Waals surface area contributed by atoms with Gasteiger partial charge in [-0.05, 0) is 0 Å². The minimum Gasteiger partial charge on any atom is -1.00 e. The van der Waals surface area contributed by atoms with Crippen molar-refractivity contribution in [2.75, 3.05) is 0 Å². The first-order chi connectivity index (χ1) is 2.00. The second kappa shape index (κ2) is 5.16. The molecule has 0 aliphatic heterocycles. The van der Waals surface area contributed by atoms with E-state index < -0.39 is 5.60 Å². The van der Waals surface area contributed by atoms with Crippen LogP contribution in [0.1, 0.15) is 20.8 Å².